The fourth-order valence-corrected chi connectivity index (χ4v) is 3.99. The summed E-state index contributed by atoms with van der Waals surface area (Å²) in [5.41, 5.74) is 2.82. The maximum Gasteiger partial charge on any atom is 0.127 e. The standard InChI is InChI=1S/C19H26FN3OS/c1-4-5-16-12-25-19(22-16)9-21-17-6-15(20)7-18(8-17)23-10-13(2)24-14(3)11-23/h6-8,12-14,21H,4-5,9-11H2,1-3H3/t13-,14+. The Kier molecular flexibility index (Phi) is 5.91. The van der Waals surface area contributed by atoms with Gasteiger partial charge in [0.05, 0.1) is 24.4 Å². The summed E-state index contributed by atoms with van der Waals surface area (Å²) in [6.07, 6.45) is 2.40. The number of nitrogens with zero attached hydrogens (tertiary/aromatic N) is 2. The second-order valence-corrected chi connectivity index (χ2v) is 7.64. The molecule has 0 spiro atoms. The minimum atomic E-state index is -0.224. The van der Waals surface area contributed by atoms with Crippen molar-refractivity contribution >= 4 is 22.7 Å². The molecule has 1 aliphatic rings. The van der Waals surface area contributed by atoms with Crippen LogP contribution < -0.4 is 10.2 Å². The summed E-state index contributed by atoms with van der Waals surface area (Å²) in [6, 6.07) is 5.14. The highest BCUT2D eigenvalue weighted by Crippen LogP contribution is 2.26. The Morgan fingerprint density at radius 1 is 1.28 bits per heavy atom. The predicted molar refractivity (Wildman–Crippen MR) is 102 cm³/mol. The lowest BCUT2D eigenvalue weighted by atomic mass is 10.2. The van der Waals surface area contributed by atoms with Crippen LogP contribution in [0.15, 0.2) is 23.6 Å². The summed E-state index contributed by atoms with van der Waals surface area (Å²) in [4.78, 5) is 6.80. The van der Waals surface area contributed by atoms with Crippen LogP contribution in [0.2, 0.25) is 0 Å². The van der Waals surface area contributed by atoms with Gasteiger partial charge in [-0.15, -0.1) is 11.3 Å². The van der Waals surface area contributed by atoms with Gasteiger partial charge in [0.1, 0.15) is 10.8 Å². The summed E-state index contributed by atoms with van der Waals surface area (Å²) < 4.78 is 19.9. The highest BCUT2D eigenvalue weighted by atomic mass is 32.1. The summed E-state index contributed by atoms with van der Waals surface area (Å²) in [5.74, 6) is -0.224. The van der Waals surface area contributed by atoms with E-state index in [2.05, 4.69) is 41.4 Å². The molecule has 6 heteroatoms. The van der Waals surface area contributed by atoms with Crippen molar-refractivity contribution in [2.24, 2.45) is 0 Å². The lowest BCUT2D eigenvalue weighted by Crippen LogP contribution is -2.45. The topological polar surface area (TPSA) is 37.4 Å². The molecule has 0 unspecified atom stereocenters. The first-order valence-corrected chi connectivity index (χ1v) is 9.79. The summed E-state index contributed by atoms with van der Waals surface area (Å²) in [6.45, 7) is 8.43. The number of hydrogen-bond acceptors (Lipinski definition) is 5. The third kappa shape index (κ3) is 4.92. The molecule has 0 aliphatic carbocycles. The SMILES string of the molecule is CCCc1csc(CNc2cc(F)cc(N3C[C@@H](C)O[C@@H](C)C3)c2)n1. The Morgan fingerprint density at radius 2 is 2.04 bits per heavy atom. The average Bonchev–Trinajstić information content (AvgIpc) is 2.99. The quantitative estimate of drug-likeness (QED) is 0.822. The van der Waals surface area contributed by atoms with Crippen LogP contribution in [-0.2, 0) is 17.7 Å². The van der Waals surface area contributed by atoms with Crippen molar-refractivity contribution in [2.75, 3.05) is 23.3 Å². The van der Waals surface area contributed by atoms with Crippen LogP contribution in [-0.4, -0.2) is 30.3 Å². The van der Waals surface area contributed by atoms with Gasteiger partial charge < -0.3 is 15.0 Å². The molecule has 2 aromatic rings. The minimum Gasteiger partial charge on any atom is -0.378 e. The molecule has 1 aromatic carbocycles. The number of nitrogens with one attached hydrogen (secondary N) is 1. The number of anilines is 2. The molecule has 0 radical (unpaired) electrons. The number of rotatable bonds is 6. The molecule has 0 saturated carbocycles. The highest BCUT2D eigenvalue weighted by Gasteiger charge is 2.23. The van der Waals surface area contributed by atoms with E-state index in [4.69, 9.17) is 4.74 Å². The molecule has 1 N–H and O–H groups in total. The molecule has 0 bridgehead atoms. The molecule has 136 valence electrons. The Morgan fingerprint density at radius 3 is 2.76 bits per heavy atom. The average molecular weight is 364 g/mol. The molecule has 1 fully saturated rings. The Labute approximate surface area is 153 Å². The monoisotopic (exact) mass is 363 g/mol. The maximum atomic E-state index is 14.1. The van der Waals surface area contributed by atoms with E-state index >= 15 is 0 Å². The van der Waals surface area contributed by atoms with Crippen molar-refractivity contribution in [3.63, 3.8) is 0 Å². The molecule has 1 aliphatic heterocycles. The zero-order chi connectivity index (χ0) is 17.8. The van der Waals surface area contributed by atoms with Crippen molar-refractivity contribution in [1.82, 2.24) is 4.98 Å². The van der Waals surface area contributed by atoms with Gasteiger partial charge in [0.25, 0.3) is 0 Å². The molecule has 3 rings (SSSR count). The largest absolute Gasteiger partial charge is 0.378 e. The molecule has 25 heavy (non-hydrogen) atoms. The lowest BCUT2D eigenvalue weighted by Gasteiger charge is -2.37. The first-order valence-electron chi connectivity index (χ1n) is 8.91. The number of aryl methyl sites for hydroxylation is 1. The molecular formula is C19H26FN3OS. The van der Waals surface area contributed by atoms with Crippen LogP contribution in [0.5, 0.6) is 0 Å². The third-order valence-electron chi connectivity index (χ3n) is 4.22. The van der Waals surface area contributed by atoms with Gasteiger partial charge in [0, 0.05) is 29.8 Å². The van der Waals surface area contributed by atoms with Crippen LogP contribution in [0.3, 0.4) is 0 Å². The Bertz CT molecular complexity index is 696. The zero-order valence-corrected chi connectivity index (χ0v) is 15.9. The van der Waals surface area contributed by atoms with Gasteiger partial charge in [-0.1, -0.05) is 13.3 Å². The van der Waals surface area contributed by atoms with Crippen LogP contribution in [0.1, 0.15) is 37.9 Å². The molecule has 1 saturated heterocycles. The van der Waals surface area contributed by atoms with Crippen molar-refractivity contribution in [2.45, 2.75) is 52.4 Å². The number of hydrogen-bond donors (Lipinski definition) is 1. The number of benzene rings is 1. The molecule has 4 nitrogen and oxygen atoms in total. The van der Waals surface area contributed by atoms with E-state index in [1.807, 2.05) is 6.07 Å². The Balaban J connectivity index is 1.68. The summed E-state index contributed by atoms with van der Waals surface area (Å²) in [7, 11) is 0. The van der Waals surface area contributed by atoms with Crippen LogP contribution in [0.4, 0.5) is 15.8 Å². The summed E-state index contributed by atoms with van der Waals surface area (Å²) in [5, 5.41) is 6.44. The van der Waals surface area contributed by atoms with Gasteiger partial charge in [0.15, 0.2) is 0 Å². The van der Waals surface area contributed by atoms with E-state index in [1.165, 1.54) is 6.07 Å². The Hall–Kier alpha value is -1.66. The predicted octanol–water partition coefficient (Wildman–Crippen LogP) is 4.46. The molecule has 1 aromatic heterocycles. The van der Waals surface area contributed by atoms with E-state index in [1.54, 1.807) is 17.4 Å². The fourth-order valence-electron chi connectivity index (χ4n) is 3.23. The van der Waals surface area contributed by atoms with Gasteiger partial charge in [-0.05, 0) is 38.5 Å². The number of halogens is 1. The molecular weight excluding hydrogens is 337 g/mol. The normalized spacial score (nSPS) is 20.7. The van der Waals surface area contributed by atoms with E-state index < -0.39 is 0 Å². The van der Waals surface area contributed by atoms with E-state index in [9.17, 15) is 4.39 Å². The van der Waals surface area contributed by atoms with Crippen molar-refractivity contribution in [1.29, 1.82) is 0 Å². The highest BCUT2D eigenvalue weighted by molar-refractivity contribution is 7.09. The molecule has 2 heterocycles. The van der Waals surface area contributed by atoms with Gasteiger partial charge in [-0.2, -0.15) is 0 Å². The third-order valence-corrected chi connectivity index (χ3v) is 5.11. The van der Waals surface area contributed by atoms with Gasteiger partial charge >= 0.3 is 0 Å². The zero-order valence-electron chi connectivity index (χ0n) is 15.1. The second-order valence-electron chi connectivity index (χ2n) is 6.70. The van der Waals surface area contributed by atoms with Crippen molar-refractivity contribution < 1.29 is 9.13 Å². The minimum absolute atomic E-state index is 0.149. The maximum absolute atomic E-state index is 14.1. The second kappa shape index (κ2) is 8.15. The van der Waals surface area contributed by atoms with Crippen LogP contribution in [0, 0.1) is 5.82 Å². The number of thiazole rings is 1. The first kappa shape index (κ1) is 18.1. The number of morpholine rings is 1. The first-order chi connectivity index (χ1) is 12.0. The van der Waals surface area contributed by atoms with Crippen LogP contribution >= 0.6 is 11.3 Å². The van der Waals surface area contributed by atoms with E-state index in [0.29, 0.717) is 6.54 Å². The van der Waals surface area contributed by atoms with Gasteiger partial charge in [-0.3, -0.25) is 0 Å². The van der Waals surface area contributed by atoms with Crippen molar-refractivity contribution in [3.05, 3.63) is 40.1 Å². The van der Waals surface area contributed by atoms with Crippen molar-refractivity contribution in [3.8, 4) is 0 Å². The number of ether oxygens (including phenoxy) is 1. The lowest BCUT2D eigenvalue weighted by molar-refractivity contribution is -0.00523. The number of aromatic nitrogens is 1. The smallest absolute Gasteiger partial charge is 0.127 e. The molecule has 2 atom stereocenters. The summed E-state index contributed by atoms with van der Waals surface area (Å²) >= 11 is 1.65. The van der Waals surface area contributed by atoms with Gasteiger partial charge in [-0.25, -0.2) is 9.37 Å². The van der Waals surface area contributed by atoms with Gasteiger partial charge in [0.2, 0.25) is 0 Å². The van der Waals surface area contributed by atoms with E-state index in [0.717, 1.165) is 48.0 Å². The molecule has 0 amide bonds. The van der Waals surface area contributed by atoms with Crippen LogP contribution in [0.25, 0.3) is 0 Å². The fraction of sp³-hybridized carbons (Fsp3) is 0.526. The van der Waals surface area contributed by atoms with E-state index in [-0.39, 0.29) is 18.0 Å².